The number of hydrogen-bond donors (Lipinski definition) is 2. The number of primary amides is 1. The van der Waals surface area contributed by atoms with Crippen LogP contribution in [0.1, 0.15) is 10.4 Å². The van der Waals surface area contributed by atoms with Gasteiger partial charge < -0.3 is 11.1 Å². The summed E-state index contributed by atoms with van der Waals surface area (Å²) >= 11 is 1.20. The maximum Gasteiger partial charge on any atom is 0.263 e. The van der Waals surface area contributed by atoms with Gasteiger partial charge in [-0.3, -0.25) is 23.4 Å². The molecule has 0 spiro atoms. The molecule has 0 saturated heterocycles. The molecule has 4 aromatic rings. The minimum absolute atomic E-state index is 0.0767. The molecule has 0 atom stereocenters. The molecule has 0 bridgehead atoms. The summed E-state index contributed by atoms with van der Waals surface area (Å²) < 4.78 is 3.26. The number of thioether (sulfide) groups is 1. The van der Waals surface area contributed by atoms with Crippen LogP contribution in [0.4, 0.5) is 5.69 Å². The van der Waals surface area contributed by atoms with Crippen LogP contribution in [0.3, 0.4) is 0 Å². The zero-order valence-corrected chi connectivity index (χ0v) is 17.1. The predicted molar refractivity (Wildman–Crippen MR) is 119 cm³/mol. The minimum atomic E-state index is -0.533. The molecule has 10 heteroatoms. The topological polar surface area (TPSA) is 124 Å². The normalized spacial score (nSPS) is 11.0. The van der Waals surface area contributed by atoms with Gasteiger partial charge in [-0.2, -0.15) is 0 Å². The number of carbonyl (C=O) groups is 2. The van der Waals surface area contributed by atoms with Crippen molar-refractivity contribution in [3.8, 4) is 0 Å². The molecule has 0 aliphatic heterocycles. The van der Waals surface area contributed by atoms with Crippen LogP contribution in [0.15, 0.2) is 71.1 Å². The van der Waals surface area contributed by atoms with Crippen molar-refractivity contribution in [1.29, 1.82) is 0 Å². The summed E-state index contributed by atoms with van der Waals surface area (Å²) in [5, 5.41) is 12.1. The van der Waals surface area contributed by atoms with Crippen molar-refractivity contribution in [3.05, 3.63) is 77.1 Å². The van der Waals surface area contributed by atoms with Crippen molar-refractivity contribution in [3.63, 3.8) is 0 Å². The van der Waals surface area contributed by atoms with Gasteiger partial charge in [0.15, 0.2) is 5.16 Å². The van der Waals surface area contributed by atoms with Gasteiger partial charge in [-0.1, -0.05) is 30.0 Å². The van der Waals surface area contributed by atoms with Crippen molar-refractivity contribution in [2.45, 2.75) is 11.7 Å². The highest BCUT2D eigenvalue weighted by atomic mass is 32.2. The molecular formula is C21H18N6O3S. The first-order chi connectivity index (χ1) is 15.0. The number of allylic oxidation sites excluding steroid dienone is 1. The van der Waals surface area contributed by atoms with E-state index >= 15 is 0 Å². The number of benzene rings is 2. The Morgan fingerprint density at radius 2 is 1.87 bits per heavy atom. The summed E-state index contributed by atoms with van der Waals surface area (Å²) in [6, 6.07) is 13.5. The van der Waals surface area contributed by atoms with E-state index in [1.54, 1.807) is 46.9 Å². The minimum Gasteiger partial charge on any atom is -0.366 e. The highest BCUT2D eigenvalue weighted by Gasteiger charge is 2.17. The molecule has 31 heavy (non-hydrogen) atoms. The monoisotopic (exact) mass is 434 g/mol. The molecule has 0 aliphatic carbocycles. The molecule has 4 rings (SSSR count). The van der Waals surface area contributed by atoms with Gasteiger partial charge in [0.05, 0.1) is 16.7 Å². The lowest BCUT2D eigenvalue weighted by atomic mass is 10.2. The standard InChI is InChI=1S/C21H18N6O3S/c1-2-11-26-19(30)15-5-3-4-6-16(15)27-20(26)24-25-21(27)31-12-17(28)23-14-9-7-13(8-10-14)18(22)29/h2-10H,1,11-12H2,(H2,22,29)(H,23,28). The van der Waals surface area contributed by atoms with Crippen molar-refractivity contribution in [2.75, 3.05) is 11.1 Å². The Labute approximate surface area is 180 Å². The maximum atomic E-state index is 12.8. The van der Waals surface area contributed by atoms with Crippen LogP contribution in [-0.2, 0) is 11.3 Å². The first-order valence-corrected chi connectivity index (χ1v) is 10.3. The second-order valence-electron chi connectivity index (χ2n) is 6.62. The van der Waals surface area contributed by atoms with Crippen LogP contribution in [0.2, 0.25) is 0 Å². The van der Waals surface area contributed by atoms with Crippen LogP contribution >= 0.6 is 11.8 Å². The summed E-state index contributed by atoms with van der Waals surface area (Å²) in [6.07, 6.45) is 1.62. The van der Waals surface area contributed by atoms with Gasteiger partial charge in [-0.25, -0.2) is 0 Å². The summed E-state index contributed by atoms with van der Waals surface area (Å²) in [5.74, 6) is -0.326. The second kappa shape index (κ2) is 8.44. The molecule has 156 valence electrons. The number of aromatic nitrogens is 4. The van der Waals surface area contributed by atoms with E-state index in [4.69, 9.17) is 5.73 Å². The Kier molecular flexibility index (Phi) is 5.54. The van der Waals surface area contributed by atoms with E-state index in [2.05, 4.69) is 22.1 Å². The number of nitrogens with zero attached hydrogens (tertiary/aromatic N) is 4. The van der Waals surface area contributed by atoms with Gasteiger partial charge in [0, 0.05) is 17.8 Å². The summed E-state index contributed by atoms with van der Waals surface area (Å²) in [4.78, 5) is 36.4. The number of para-hydroxylation sites is 1. The number of amides is 2. The molecule has 0 aliphatic rings. The molecule has 0 radical (unpaired) electrons. The van der Waals surface area contributed by atoms with E-state index in [-0.39, 0.29) is 23.8 Å². The third-order valence-corrected chi connectivity index (χ3v) is 5.50. The van der Waals surface area contributed by atoms with Gasteiger partial charge in [0.2, 0.25) is 17.6 Å². The average molecular weight is 434 g/mol. The lowest BCUT2D eigenvalue weighted by Crippen LogP contribution is -2.22. The van der Waals surface area contributed by atoms with Crippen LogP contribution in [-0.4, -0.2) is 36.7 Å². The van der Waals surface area contributed by atoms with Crippen LogP contribution in [0, 0.1) is 0 Å². The quantitative estimate of drug-likeness (QED) is 0.339. The van der Waals surface area contributed by atoms with Gasteiger partial charge in [-0.05, 0) is 36.4 Å². The Morgan fingerprint density at radius 1 is 1.13 bits per heavy atom. The maximum absolute atomic E-state index is 12.8. The van der Waals surface area contributed by atoms with Gasteiger partial charge >= 0.3 is 0 Å². The summed E-state index contributed by atoms with van der Waals surface area (Å²) in [6.45, 7) is 3.99. The van der Waals surface area contributed by atoms with E-state index in [9.17, 15) is 14.4 Å². The van der Waals surface area contributed by atoms with Crippen LogP contribution < -0.4 is 16.6 Å². The number of rotatable bonds is 7. The second-order valence-corrected chi connectivity index (χ2v) is 7.56. The first kappa shape index (κ1) is 20.4. The third kappa shape index (κ3) is 3.92. The predicted octanol–water partition coefficient (Wildman–Crippen LogP) is 2.06. The molecule has 2 amide bonds. The molecule has 3 N–H and O–H groups in total. The van der Waals surface area contributed by atoms with Crippen LogP contribution in [0.5, 0.6) is 0 Å². The SMILES string of the molecule is C=CCn1c(=O)c2ccccc2n2c(SCC(=O)Nc3ccc(C(N)=O)cc3)nnc12. The zero-order chi connectivity index (χ0) is 22.0. The molecule has 0 saturated carbocycles. The highest BCUT2D eigenvalue weighted by Crippen LogP contribution is 2.22. The average Bonchev–Trinajstić information content (AvgIpc) is 3.19. The van der Waals surface area contributed by atoms with E-state index in [0.717, 1.165) is 0 Å². The van der Waals surface area contributed by atoms with E-state index in [1.807, 2.05) is 12.1 Å². The Morgan fingerprint density at radius 3 is 2.58 bits per heavy atom. The third-order valence-electron chi connectivity index (χ3n) is 4.58. The molecule has 0 unspecified atom stereocenters. The van der Waals surface area contributed by atoms with Crippen molar-refractivity contribution in [1.82, 2.24) is 19.2 Å². The molecule has 2 heterocycles. The van der Waals surface area contributed by atoms with Gasteiger partial charge in [-0.15, -0.1) is 16.8 Å². The van der Waals surface area contributed by atoms with Crippen molar-refractivity contribution < 1.29 is 9.59 Å². The van der Waals surface area contributed by atoms with E-state index in [1.165, 1.54) is 16.3 Å². The lowest BCUT2D eigenvalue weighted by Gasteiger charge is -2.09. The highest BCUT2D eigenvalue weighted by molar-refractivity contribution is 7.99. The number of nitrogens with one attached hydrogen (secondary N) is 1. The van der Waals surface area contributed by atoms with E-state index < -0.39 is 5.91 Å². The smallest absolute Gasteiger partial charge is 0.263 e. The zero-order valence-electron chi connectivity index (χ0n) is 16.3. The molecule has 9 nitrogen and oxygen atoms in total. The molecule has 0 fully saturated rings. The Hall–Kier alpha value is -3.92. The number of carbonyl (C=O) groups excluding carboxylic acids is 2. The Bertz CT molecular complexity index is 1370. The summed E-state index contributed by atoms with van der Waals surface area (Å²) in [5.41, 5.74) is 6.62. The van der Waals surface area contributed by atoms with Crippen molar-refractivity contribution in [2.24, 2.45) is 5.73 Å². The van der Waals surface area contributed by atoms with E-state index in [0.29, 0.717) is 33.1 Å². The van der Waals surface area contributed by atoms with Gasteiger partial charge in [0.1, 0.15) is 0 Å². The first-order valence-electron chi connectivity index (χ1n) is 9.29. The fourth-order valence-corrected chi connectivity index (χ4v) is 3.91. The molecular weight excluding hydrogens is 416 g/mol. The molecule has 2 aromatic carbocycles. The number of fused-ring (bicyclic) bond motifs is 3. The number of anilines is 1. The molecule has 2 aromatic heterocycles. The summed E-state index contributed by atoms with van der Waals surface area (Å²) in [7, 11) is 0. The van der Waals surface area contributed by atoms with Crippen LogP contribution in [0.25, 0.3) is 16.7 Å². The lowest BCUT2D eigenvalue weighted by molar-refractivity contribution is -0.113. The van der Waals surface area contributed by atoms with Gasteiger partial charge in [0.25, 0.3) is 5.56 Å². The Balaban J connectivity index is 1.60. The number of hydrogen-bond acceptors (Lipinski definition) is 6. The number of nitrogens with two attached hydrogens (primary N) is 1. The fourth-order valence-electron chi connectivity index (χ4n) is 3.17. The fraction of sp³-hybridized carbons (Fsp3) is 0.0952. The largest absolute Gasteiger partial charge is 0.366 e. The van der Waals surface area contributed by atoms with Crippen molar-refractivity contribution >= 4 is 45.9 Å².